The Bertz CT molecular complexity index is 1480. The van der Waals surface area contributed by atoms with E-state index < -0.39 is 84.9 Å². The molecule has 1 unspecified atom stereocenters. The highest BCUT2D eigenvalue weighted by molar-refractivity contribution is 8.00. The predicted molar refractivity (Wildman–Crippen MR) is 209 cm³/mol. The van der Waals surface area contributed by atoms with Gasteiger partial charge in [0.25, 0.3) is 0 Å². The number of hydrogen-bond donors (Lipinski definition) is 12. The second-order valence-corrected chi connectivity index (χ2v) is 15.9. The Morgan fingerprint density at radius 2 is 1.41 bits per heavy atom. The first-order chi connectivity index (χ1) is 27.5. The number of thioether (sulfide) groups is 1. The molecule has 0 aromatic rings. The molecule has 22 nitrogen and oxygen atoms in total. The first-order valence-corrected chi connectivity index (χ1v) is 20.4. The molecule has 0 radical (unpaired) electrons. The van der Waals surface area contributed by atoms with Gasteiger partial charge in [-0.3, -0.25) is 48.4 Å². The number of unbranched alkanes of at least 4 members (excludes halogenated alkanes) is 2. The van der Waals surface area contributed by atoms with Gasteiger partial charge >= 0.3 is 6.03 Å². The molecule has 6 atom stereocenters. The fourth-order valence-electron chi connectivity index (χ4n) is 6.33. The van der Waals surface area contributed by atoms with E-state index in [1.807, 2.05) is 25.6 Å². The molecule has 2 saturated heterocycles. The monoisotopic (exact) mass is 841 g/mol. The summed E-state index contributed by atoms with van der Waals surface area (Å²) in [6, 6.07) is -2.14. The molecule has 0 saturated carbocycles. The Morgan fingerprint density at radius 1 is 0.741 bits per heavy atom. The minimum absolute atomic E-state index is 0.0220. The van der Waals surface area contributed by atoms with Crippen molar-refractivity contribution in [2.75, 3.05) is 31.9 Å². The average Bonchev–Trinajstić information content (AvgIpc) is 3.72. The molecular formula is C35H59N11O11S. The molecule has 0 aliphatic carbocycles. The molecule has 14 N–H and O–H groups in total. The van der Waals surface area contributed by atoms with Crippen LogP contribution in [0.15, 0.2) is 0 Å². The molecule has 0 bridgehead atoms. The Hall–Kier alpha value is -5.19. The highest BCUT2D eigenvalue weighted by Gasteiger charge is 2.42. The van der Waals surface area contributed by atoms with E-state index in [1.165, 1.54) is 5.48 Å². The van der Waals surface area contributed by atoms with Crippen LogP contribution in [-0.2, 0) is 43.2 Å². The van der Waals surface area contributed by atoms with Crippen molar-refractivity contribution in [2.24, 2.45) is 23.3 Å². The smallest absolute Gasteiger partial charge is 0.315 e. The highest BCUT2D eigenvalue weighted by atomic mass is 32.2. The van der Waals surface area contributed by atoms with Crippen molar-refractivity contribution in [1.82, 2.24) is 48.0 Å². The summed E-state index contributed by atoms with van der Waals surface area (Å²) in [5.41, 5.74) is 12.1. The van der Waals surface area contributed by atoms with Crippen molar-refractivity contribution in [3.63, 3.8) is 0 Å². The fraction of sp³-hybridized carbons (Fsp3) is 0.714. The summed E-state index contributed by atoms with van der Waals surface area (Å²) in [5, 5.41) is 29.6. The third kappa shape index (κ3) is 19.3. The van der Waals surface area contributed by atoms with Gasteiger partial charge in [-0.25, -0.2) is 10.3 Å². The number of fused-ring (bicyclic) bond motifs is 1. The first-order valence-electron chi connectivity index (χ1n) is 19.4. The van der Waals surface area contributed by atoms with E-state index in [-0.39, 0.29) is 62.0 Å². The number of amides is 11. The van der Waals surface area contributed by atoms with Crippen LogP contribution in [0.4, 0.5) is 4.79 Å². The van der Waals surface area contributed by atoms with E-state index in [0.717, 1.165) is 25.0 Å². The number of nitrogens with two attached hydrogens (primary N) is 2. The van der Waals surface area contributed by atoms with Crippen LogP contribution < -0.4 is 59.5 Å². The topological polar surface area (TPSA) is 351 Å². The zero-order chi connectivity index (χ0) is 43.2. The Morgan fingerprint density at radius 3 is 2.05 bits per heavy atom. The van der Waals surface area contributed by atoms with Crippen LogP contribution in [0, 0.1) is 11.8 Å². The zero-order valence-corrected chi connectivity index (χ0v) is 33.8. The van der Waals surface area contributed by atoms with Crippen LogP contribution in [0.25, 0.3) is 0 Å². The lowest BCUT2D eigenvalue weighted by Crippen LogP contribution is -2.51. The van der Waals surface area contributed by atoms with Crippen LogP contribution >= 0.6 is 11.8 Å². The van der Waals surface area contributed by atoms with E-state index in [1.54, 1.807) is 0 Å². The van der Waals surface area contributed by atoms with Gasteiger partial charge in [0.15, 0.2) is 0 Å². The Kier molecular flexibility index (Phi) is 21.9. The maximum absolute atomic E-state index is 12.9. The van der Waals surface area contributed by atoms with Crippen LogP contribution in [0.5, 0.6) is 0 Å². The van der Waals surface area contributed by atoms with Crippen molar-refractivity contribution < 1.29 is 53.2 Å². The molecule has 2 fully saturated rings. The van der Waals surface area contributed by atoms with Crippen molar-refractivity contribution >= 4 is 71.0 Å². The number of rotatable bonds is 28. The van der Waals surface area contributed by atoms with Crippen LogP contribution in [0.3, 0.4) is 0 Å². The van der Waals surface area contributed by atoms with Crippen molar-refractivity contribution in [1.29, 1.82) is 0 Å². The van der Waals surface area contributed by atoms with Crippen LogP contribution in [0.1, 0.15) is 84.5 Å². The van der Waals surface area contributed by atoms with Gasteiger partial charge in [-0.05, 0) is 50.9 Å². The van der Waals surface area contributed by atoms with Crippen LogP contribution in [-0.4, -0.2) is 126 Å². The van der Waals surface area contributed by atoms with E-state index in [4.69, 9.17) is 16.7 Å². The van der Waals surface area contributed by atoms with Gasteiger partial charge in [-0.15, -0.1) is 0 Å². The van der Waals surface area contributed by atoms with Crippen molar-refractivity contribution in [2.45, 2.75) is 114 Å². The summed E-state index contributed by atoms with van der Waals surface area (Å²) in [4.78, 5) is 121. The quantitative estimate of drug-likeness (QED) is 0.0159. The summed E-state index contributed by atoms with van der Waals surface area (Å²) in [6.07, 6.45) is 3.46. The lowest BCUT2D eigenvalue weighted by atomic mass is 9.92. The molecule has 0 aromatic heterocycles. The number of carbonyl (C=O) groups excluding carboxylic acids is 10. The van der Waals surface area contributed by atoms with E-state index >= 15 is 0 Å². The number of nitrogens with one attached hydrogen (secondary N) is 9. The molecule has 11 amide bonds. The standard InChI is InChI=1S/C35H59N11O11S/c1-19(2)13-20(14-27(49)46-57)33(54)43-22(10-11-25(36)47)34(55)41-16-29(51)39-15-28(50)40-17-30(52)42-21(32(37)53)7-5-6-12-38-26(48)9-4-3-8-24-31-23(18-58-24)44-35(56)45-31/h19-24,31,57H,3-18H2,1-2H3,(H2,36,47)(H2,37,53)(H,38,48)(H,39,51)(H,40,50)(H,41,55)(H,42,52)(H,43,54)(H,46,49)(H2,44,45,56)/t20?,21-,22-,23-,24-,31-/m0/s1. The molecule has 23 heteroatoms. The van der Waals surface area contributed by atoms with Crippen LogP contribution in [0.2, 0.25) is 0 Å². The van der Waals surface area contributed by atoms with E-state index in [9.17, 15) is 47.9 Å². The normalized spacial score (nSPS) is 18.3. The van der Waals surface area contributed by atoms with Crippen molar-refractivity contribution in [3.05, 3.63) is 0 Å². The molecule has 0 aromatic carbocycles. The molecule has 0 spiro atoms. The number of primary amides is 2. The molecule has 58 heavy (non-hydrogen) atoms. The molecule has 326 valence electrons. The minimum Gasteiger partial charge on any atom is -0.370 e. The van der Waals surface area contributed by atoms with Gasteiger partial charge in [0, 0.05) is 42.7 Å². The zero-order valence-electron chi connectivity index (χ0n) is 32.9. The van der Waals surface area contributed by atoms with E-state index in [0.29, 0.717) is 31.1 Å². The number of carbonyl (C=O) groups is 10. The maximum atomic E-state index is 12.9. The van der Waals surface area contributed by atoms with Gasteiger partial charge in [0.05, 0.1) is 31.7 Å². The lowest BCUT2D eigenvalue weighted by Gasteiger charge is -2.22. The Labute approximate surface area is 340 Å². The molecule has 2 aliphatic heterocycles. The summed E-state index contributed by atoms with van der Waals surface area (Å²) in [6.45, 7) is 2.27. The van der Waals surface area contributed by atoms with Gasteiger partial charge < -0.3 is 54.0 Å². The lowest BCUT2D eigenvalue weighted by molar-refractivity contribution is -0.137. The van der Waals surface area contributed by atoms with Gasteiger partial charge in [0.1, 0.15) is 12.1 Å². The first kappa shape index (κ1) is 49.0. The number of urea groups is 1. The summed E-state index contributed by atoms with van der Waals surface area (Å²) >= 11 is 1.83. The SMILES string of the molecule is CC(C)CC(CC(=O)NO)C(=O)N[C@@H](CCC(N)=O)C(=O)NCC(=O)NCC(=O)NCC(=O)N[C@@H](CCCCNC(=O)CCCC[C@@H]1SC[C@@H]2NC(=O)N[C@@H]21)C(N)=O. The predicted octanol–water partition coefficient (Wildman–Crippen LogP) is -3.37. The van der Waals surface area contributed by atoms with E-state index in [2.05, 4.69) is 42.5 Å². The van der Waals surface area contributed by atoms with Gasteiger partial charge in [-0.1, -0.05) is 20.3 Å². The molecule has 2 aliphatic rings. The van der Waals surface area contributed by atoms with Gasteiger partial charge in [0.2, 0.25) is 53.2 Å². The van der Waals surface area contributed by atoms with Gasteiger partial charge in [-0.2, -0.15) is 11.8 Å². The van der Waals surface area contributed by atoms with Crippen molar-refractivity contribution in [3.8, 4) is 0 Å². The molecule has 2 heterocycles. The number of hydroxylamine groups is 1. The minimum atomic E-state index is -1.30. The highest BCUT2D eigenvalue weighted by Crippen LogP contribution is 2.33. The largest absolute Gasteiger partial charge is 0.370 e. The summed E-state index contributed by atoms with van der Waals surface area (Å²) < 4.78 is 0. The molecular weight excluding hydrogens is 783 g/mol. The third-order valence-corrected chi connectivity index (χ3v) is 10.8. The second-order valence-electron chi connectivity index (χ2n) is 14.6. The summed E-state index contributed by atoms with van der Waals surface area (Å²) in [7, 11) is 0. The fourth-order valence-corrected chi connectivity index (χ4v) is 7.88. The Balaban J connectivity index is 1.64. The average molecular weight is 842 g/mol. The summed E-state index contributed by atoms with van der Waals surface area (Å²) in [5.74, 6) is -6.27. The maximum Gasteiger partial charge on any atom is 0.315 e. The number of hydrogen-bond acceptors (Lipinski definition) is 12. The third-order valence-electron chi connectivity index (χ3n) is 9.31. The molecule has 2 rings (SSSR count). The second kappa shape index (κ2) is 25.9.